The highest BCUT2D eigenvalue weighted by molar-refractivity contribution is 6.25. The molecule has 0 heterocycles. The topological polar surface area (TPSA) is 171 Å². The molecule has 3 unspecified atom stereocenters. The van der Waals surface area contributed by atoms with Crippen LogP contribution < -0.4 is 5.73 Å². The fourth-order valence-corrected chi connectivity index (χ4v) is 7.34. The van der Waals surface area contributed by atoms with Gasteiger partial charge in [-0.25, -0.2) is 0 Å². The van der Waals surface area contributed by atoms with Gasteiger partial charge in [0.2, 0.25) is 5.91 Å². The Labute approximate surface area is 250 Å². The third-order valence-electron chi connectivity index (χ3n) is 9.24. The Balaban J connectivity index is 1.54. The number of nitrogens with two attached hydrogens (primary N) is 1. The summed E-state index contributed by atoms with van der Waals surface area (Å²) in [7, 11) is 3.24. The number of ketones is 3. The van der Waals surface area contributed by atoms with Gasteiger partial charge in [0, 0.05) is 24.6 Å². The molecule has 0 aliphatic heterocycles. The summed E-state index contributed by atoms with van der Waals surface area (Å²) >= 11 is 0. The smallest absolute Gasteiger partial charge is 0.230 e. The van der Waals surface area contributed by atoms with Crippen molar-refractivity contribution in [3.05, 3.63) is 53.1 Å². The summed E-state index contributed by atoms with van der Waals surface area (Å²) in [6.07, 6.45) is 1.31. The number of aliphatic hydroxyl groups excluding tert-OH is 1. The first-order valence-electron chi connectivity index (χ1n) is 14.5. The number of primary amides is 1. The number of likely N-dealkylation sites (N-methyl/N-ethyl adjacent to an activating group) is 1. The average molecular weight is 590 g/mol. The van der Waals surface area contributed by atoms with E-state index in [9.17, 15) is 34.5 Å². The van der Waals surface area contributed by atoms with E-state index in [4.69, 9.17) is 5.73 Å². The monoisotopic (exact) mass is 589 g/mol. The second kappa shape index (κ2) is 10.8. The molecule has 43 heavy (non-hydrogen) atoms. The molecule has 228 valence electrons. The number of amides is 1. The van der Waals surface area contributed by atoms with E-state index in [1.807, 2.05) is 51.3 Å². The lowest BCUT2D eigenvalue weighted by atomic mass is 9.52. The summed E-state index contributed by atoms with van der Waals surface area (Å²) in [6, 6.07) is 10.0. The van der Waals surface area contributed by atoms with Crippen molar-refractivity contribution in [3.63, 3.8) is 0 Å². The third-order valence-corrected chi connectivity index (χ3v) is 9.24. The molecule has 0 radical (unpaired) electrons. The van der Waals surface area contributed by atoms with Gasteiger partial charge in [0.25, 0.3) is 0 Å². The number of aliphatic hydroxyl groups is 2. The number of carbonyl (C=O) groups is 4. The van der Waals surface area contributed by atoms with Crippen LogP contribution in [0.4, 0.5) is 0 Å². The summed E-state index contributed by atoms with van der Waals surface area (Å²) in [6.45, 7) is 6.08. The maximum Gasteiger partial charge on any atom is 0.230 e. The zero-order chi connectivity index (χ0) is 31.6. The zero-order valence-corrected chi connectivity index (χ0v) is 25.1. The highest BCUT2D eigenvalue weighted by atomic mass is 16.3. The van der Waals surface area contributed by atoms with E-state index in [-0.39, 0.29) is 29.7 Å². The average Bonchev–Trinajstić information content (AvgIpc) is 2.90. The lowest BCUT2D eigenvalue weighted by Crippen LogP contribution is -2.75. The second-order valence-electron chi connectivity index (χ2n) is 13.3. The summed E-state index contributed by atoms with van der Waals surface area (Å²) in [5.74, 6) is -9.16. The van der Waals surface area contributed by atoms with Crippen molar-refractivity contribution in [1.82, 2.24) is 4.90 Å². The van der Waals surface area contributed by atoms with Gasteiger partial charge in [-0.05, 0) is 81.9 Å². The zero-order valence-electron chi connectivity index (χ0n) is 25.1. The molecule has 0 saturated heterocycles. The quantitative estimate of drug-likeness (QED) is 0.302. The van der Waals surface area contributed by atoms with Crippen LogP contribution in [-0.2, 0) is 27.2 Å². The predicted octanol–water partition coefficient (Wildman–Crippen LogP) is 1.74. The molecule has 7 atom stereocenters. The number of hydrogen-bond donors (Lipinski definition) is 4. The van der Waals surface area contributed by atoms with Crippen LogP contribution in [0.1, 0.15) is 48.7 Å². The number of aromatic hydroxyl groups is 1. The number of rotatable bonds is 5. The highest BCUT2D eigenvalue weighted by Crippen LogP contribution is 2.52. The number of benzene rings is 2. The molecule has 2 aromatic rings. The summed E-state index contributed by atoms with van der Waals surface area (Å²) in [4.78, 5) is 59.7. The number of hydrogen-bond acceptors (Lipinski definition) is 9. The maximum atomic E-state index is 14.0. The number of Topliss-reactive ketones (excluding diaryl/α,β-unsaturated/α-hetero) is 3. The molecule has 3 aliphatic rings. The normalized spacial score (nSPS) is 30.7. The predicted molar refractivity (Wildman–Crippen MR) is 160 cm³/mol. The van der Waals surface area contributed by atoms with Gasteiger partial charge in [-0.15, -0.1) is 0 Å². The third kappa shape index (κ3) is 5.01. The first kappa shape index (κ1) is 30.7. The number of carbonyl (C=O) groups excluding carboxylic acids is 4. The van der Waals surface area contributed by atoms with Gasteiger partial charge in [-0.3, -0.25) is 24.2 Å². The highest BCUT2D eigenvalue weighted by Gasteiger charge is 2.69. The molecule has 10 nitrogen and oxygen atoms in total. The molecular formula is C33H39N3O7. The fourth-order valence-electron chi connectivity index (χ4n) is 7.34. The summed E-state index contributed by atoms with van der Waals surface area (Å²) < 4.78 is 0. The fraction of sp³-hybridized carbons (Fsp3) is 0.485. The molecule has 5 rings (SSSR count). The maximum absolute atomic E-state index is 14.0. The van der Waals surface area contributed by atoms with Crippen LogP contribution >= 0.6 is 0 Å². The van der Waals surface area contributed by atoms with E-state index < -0.39 is 64.7 Å². The van der Waals surface area contributed by atoms with Crippen LogP contribution in [0, 0.1) is 23.7 Å². The van der Waals surface area contributed by atoms with E-state index in [0.717, 1.165) is 16.7 Å². The first-order valence-corrected chi connectivity index (χ1v) is 14.5. The van der Waals surface area contributed by atoms with Crippen molar-refractivity contribution in [2.75, 3.05) is 14.1 Å². The molecule has 5 N–H and O–H groups in total. The van der Waals surface area contributed by atoms with Gasteiger partial charge in [0.1, 0.15) is 11.7 Å². The van der Waals surface area contributed by atoms with Gasteiger partial charge in [0.05, 0.1) is 23.1 Å². The molecule has 0 spiro atoms. The lowest BCUT2D eigenvalue weighted by molar-refractivity contribution is -0.190. The van der Waals surface area contributed by atoms with E-state index in [2.05, 4.69) is 4.99 Å². The Morgan fingerprint density at radius 2 is 1.74 bits per heavy atom. The van der Waals surface area contributed by atoms with Crippen molar-refractivity contribution in [1.29, 1.82) is 0 Å². The Kier molecular flexibility index (Phi) is 7.69. The standard InChI is InChI=1S/C33H39N3O7/c1-32(2,3)35-13-12-16-6-8-17(9-7-16)19-10-11-22(37)24-20(19)14-18-15-21-26(36(4)5)28(39)25(31(34)42)30(41)33(21,43)29(40)23(18)27(24)38/h6-11,13,18,21,23,25-26,28,37,39,43H,12,14-15H2,1-5H3,(H2,34,42)/t18-,21-,23?,25?,26-,28?,33-/m1/s1. The van der Waals surface area contributed by atoms with Gasteiger partial charge in [0.15, 0.2) is 23.0 Å². The van der Waals surface area contributed by atoms with Gasteiger partial charge in [-0.2, -0.15) is 0 Å². The molecule has 10 heteroatoms. The second-order valence-corrected chi connectivity index (χ2v) is 13.3. The Morgan fingerprint density at radius 1 is 1.09 bits per heavy atom. The molecule has 2 fully saturated rings. The minimum absolute atomic E-state index is 0.00515. The number of nitrogens with zero attached hydrogens (tertiary/aromatic N) is 2. The number of fused-ring (bicyclic) bond motifs is 3. The molecule has 1 amide bonds. The number of aliphatic imine (C=N–C) groups is 1. The molecular weight excluding hydrogens is 550 g/mol. The molecule has 0 aromatic heterocycles. The Morgan fingerprint density at radius 3 is 2.33 bits per heavy atom. The van der Waals surface area contributed by atoms with Crippen molar-refractivity contribution in [2.45, 2.75) is 63.3 Å². The van der Waals surface area contributed by atoms with Crippen molar-refractivity contribution >= 4 is 29.5 Å². The summed E-state index contributed by atoms with van der Waals surface area (Å²) in [5.41, 5.74) is 5.80. The van der Waals surface area contributed by atoms with Gasteiger partial charge >= 0.3 is 0 Å². The largest absolute Gasteiger partial charge is 0.507 e. The molecule has 3 aliphatic carbocycles. The Bertz CT molecular complexity index is 1520. The van der Waals surface area contributed by atoms with Crippen LogP contribution in [0.25, 0.3) is 11.1 Å². The van der Waals surface area contributed by atoms with Crippen molar-refractivity contribution in [3.8, 4) is 16.9 Å². The van der Waals surface area contributed by atoms with Crippen molar-refractivity contribution in [2.24, 2.45) is 34.4 Å². The van der Waals surface area contributed by atoms with Crippen LogP contribution in [0.15, 0.2) is 41.4 Å². The van der Waals surface area contributed by atoms with Crippen LogP contribution in [0.2, 0.25) is 0 Å². The van der Waals surface area contributed by atoms with E-state index >= 15 is 0 Å². The minimum Gasteiger partial charge on any atom is -0.507 e. The van der Waals surface area contributed by atoms with E-state index in [0.29, 0.717) is 12.0 Å². The van der Waals surface area contributed by atoms with Crippen molar-refractivity contribution < 1.29 is 34.5 Å². The lowest BCUT2D eigenvalue weighted by Gasteiger charge is -2.54. The number of phenols is 1. The van der Waals surface area contributed by atoms with Gasteiger partial charge < -0.3 is 26.0 Å². The van der Waals surface area contributed by atoms with Crippen LogP contribution in [0.5, 0.6) is 5.75 Å². The first-order chi connectivity index (χ1) is 20.1. The SMILES string of the molecule is CN(C)[C@H]1C(O)C(C(N)=O)C(=O)[C@]2(O)C(=O)C3C(=O)c4c(O)ccc(-c5ccc(CC=NC(C)(C)C)cc5)c4C[C@@H]3C[C@H]12. The van der Waals surface area contributed by atoms with Crippen LogP contribution in [0.3, 0.4) is 0 Å². The van der Waals surface area contributed by atoms with E-state index in [1.165, 1.54) is 6.07 Å². The van der Waals surface area contributed by atoms with E-state index in [1.54, 1.807) is 25.1 Å². The summed E-state index contributed by atoms with van der Waals surface area (Å²) in [5, 5.41) is 33.6. The molecule has 0 bridgehead atoms. The van der Waals surface area contributed by atoms with Gasteiger partial charge in [-0.1, -0.05) is 30.3 Å². The Hall–Kier alpha value is -3.73. The molecule has 2 aromatic carbocycles. The molecule has 2 saturated carbocycles. The van der Waals surface area contributed by atoms with Crippen LogP contribution in [-0.4, -0.2) is 87.1 Å². The number of phenolic OH excluding ortho intramolecular Hbond substituents is 1. The minimum atomic E-state index is -2.68.